The summed E-state index contributed by atoms with van der Waals surface area (Å²) in [6, 6.07) is 11.8. The van der Waals surface area contributed by atoms with Crippen LogP contribution in [0.4, 0.5) is 5.69 Å². The number of hydrogen-bond donors (Lipinski definition) is 2. The molecular formula is C19H23N3O5S. The van der Waals surface area contributed by atoms with Gasteiger partial charge in [0.15, 0.2) is 6.61 Å². The van der Waals surface area contributed by atoms with Crippen LogP contribution in [-0.4, -0.2) is 44.2 Å². The van der Waals surface area contributed by atoms with Gasteiger partial charge < -0.3 is 15.8 Å². The average Bonchev–Trinajstić information content (AvgIpc) is 2.66. The number of amides is 2. The Morgan fingerprint density at radius 3 is 2.14 bits per heavy atom. The maximum Gasteiger partial charge on any atom is 0.262 e. The fourth-order valence-electron chi connectivity index (χ4n) is 2.22. The van der Waals surface area contributed by atoms with Gasteiger partial charge in [-0.15, -0.1) is 0 Å². The second-order valence-corrected chi connectivity index (χ2v) is 8.36. The van der Waals surface area contributed by atoms with E-state index in [0.29, 0.717) is 17.0 Å². The van der Waals surface area contributed by atoms with Crippen LogP contribution < -0.4 is 15.8 Å². The van der Waals surface area contributed by atoms with Crippen molar-refractivity contribution in [3.8, 4) is 5.75 Å². The van der Waals surface area contributed by atoms with E-state index in [1.807, 2.05) is 0 Å². The SMILES string of the molecule is CC(C)N(C)S(=O)(=O)c1ccc(NC(=O)COc2ccc(C(N)=O)cc2)cc1. The van der Waals surface area contributed by atoms with Crippen LogP contribution in [0.1, 0.15) is 24.2 Å². The number of nitrogens with two attached hydrogens (primary N) is 1. The van der Waals surface area contributed by atoms with Gasteiger partial charge in [-0.25, -0.2) is 8.42 Å². The van der Waals surface area contributed by atoms with Crippen LogP contribution in [0.3, 0.4) is 0 Å². The Kier molecular flexibility index (Phi) is 6.76. The van der Waals surface area contributed by atoms with Crippen LogP contribution in [0.2, 0.25) is 0 Å². The van der Waals surface area contributed by atoms with Gasteiger partial charge >= 0.3 is 0 Å². The Morgan fingerprint density at radius 2 is 1.64 bits per heavy atom. The lowest BCUT2D eigenvalue weighted by Crippen LogP contribution is -2.33. The molecule has 9 heteroatoms. The molecule has 3 N–H and O–H groups in total. The van der Waals surface area contributed by atoms with Gasteiger partial charge in [-0.3, -0.25) is 9.59 Å². The van der Waals surface area contributed by atoms with Gasteiger partial charge in [-0.2, -0.15) is 4.31 Å². The first-order valence-corrected chi connectivity index (χ1v) is 9.96. The van der Waals surface area contributed by atoms with E-state index in [-0.39, 0.29) is 17.5 Å². The molecule has 0 aliphatic rings. The maximum atomic E-state index is 12.4. The number of carbonyl (C=O) groups is 2. The molecule has 150 valence electrons. The number of anilines is 1. The Labute approximate surface area is 164 Å². The number of nitrogens with zero attached hydrogens (tertiary/aromatic N) is 1. The fraction of sp³-hybridized carbons (Fsp3) is 0.263. The Hall–Kier alpha value is -2.91. The third-order valence-corrected chi connectivity index (χ3v) is 6.10. The molecule has 0 saturated heterocycles. The summed E-state index contributed by atoms with van der Waals surface area (Å²) in [5.74, 6) is -0.540. The molecule has 0 heterocycles. The zero-order chi connectivity index (χ0) is 20.9. The molecule has 8 nitrogen and oxygen atoms in total. The number of ether oxygens (including phenoxy) is 1. The van der Waals surface area contributed by atoms with Crippen molar-refractivity contribution in [1.29, 1.82) is 0 Å². The molecule has 2 rings (SSSR count). The molecule has 0 bridgehead atoms. The number of carbonyl (C=O) groups excluding carboxylic acids is 2. The normalized spacial score (nSPS) is 11.5. The van der Waals surface area contributed by atoms with Crippen LogP contribution in [0, 0.1) is 0 Å². The van der Waals surface area contributed by atoms with Gasteiger partial charge in [-0.05, 0) is 62.4 Å². The zero-order valence-electron chi connectivity index (χ0n) is 15.9. The van der Waals surface area contributed by atoms with Crippen LogP contribution in [0.25, 0.3) is 0 Å². The van der Waals surface area contributed by atoms with Crippen molar-refractivity contribution >= 4 is 27.5 Å². The minimum Gasteiger partial charge on any atom is -0.484 e. The molecule has 0 spiro atoms. The third kappa shape index (κ3) is 5.30. The molecule has 0 saturated carbocycles. The third-order valence-electron chi connectivity index (χ3n) is 4.05. The van der Waals surface area contributed by atoms with Gasteiger partial charge in [0.1, 0.15) is 5.75 Å². The zero-order valence-corrected chi connectivity index (χ0v) is 16.7. The number of benzene rings is 2. The maximum absolute atomic E-state index is 12.4. The minimum absolute atomic E-state index is 0.146. The number of primary amides is 1. The lowest BCUT2D eigenvalue weighted by molar-refractivity contribution is -0.118. The van der Waals surface area contributed by atoms with Crippen LogP contribution in [0.5, 0.6) is 5.75 Å². The van der Waals surface area contributed by atoms with Crippen LogP contribution in [0.15, 0.2) is 53.4 Å². The summed E-state index contributed by atoms with van der Waals surface area (Å²) in [5, 5.41) is 2.63. The standard InChI is InChI=1S/C19H23N3O5S/c1-13(2)22(3)28(25,26)17-10-6-15(7-11-17)21-18(23)12-27-16-8-4-14(5-9-16)19(20)24/h4-11,13H,12H2,1-3H3,(H2,20,24)(H,21,23). The topological polar surface area (TPSA) is 119 Å². The van der Waals surface area contributed by atoms with Crippen molar-refractivity contribution in [2.75, 3.05) is 19.0 Å². The van der Waals surface area contributed by atoms with E-state index in [0.717, 1.165) is 0 Å². The minimum atomic E-state index is -3.58. The highest BCUT2D eigenvalue weighted by atomic mass is 32.2. The summed E-state index contributed by atoms with van der Waals surface area (Å²) in [5.41, 5.74) is 5.95. The van der Waals surface area contributed by atoms with Gasteiger partial charge in [-0.1, -0.05) is 0 Å². The van der Waals surface area contributed by atoms with Crippen molar-refractivity contribution in [2.45, 2.75) is 24.8 Å². The second kappa shape index (κ2) is 8.85. The molecule has 2 amide bonds. The smallest absolute Gasteiger partial charge is 0.262 e. The number of hydrogen-bond acceptors (Lipinski definition) is 5. The molecule has 0 unspecified atom stereocenters. The lowest BCUT2D eigenvalue weighted by Gasteiger charge is -2.21. The largest absolute Gasteiger partial charge is 0.484 e. The van der Waals surface area contributed by atoms with Crippen molar-refractivity contribution in [2.24, 2.45) is 5.73 Å². The highest BCUT2D eigenvalue weighted by Gasteiger charge is 2.22. The number of nitrogens with one attached hydrogen (secondary N) is 1. The van der Waals surface area contributed by atoms with E-state index in [9.17, 15) is 18.0 Å². The second-order valence-electron chi connectivity index (χ2n) is 6.36. The van der Waals surface area contributed by atoms with Gasteiger partial charge in [0.25, 0.3) is 5.91 Å². The van der Waals surface area contributed by atoms with Crippen molar-refractivity contribution in [3.05, 3.63) is 54.1 Å². The van der Waals surface area contributed by atoms with Crippen LogP contribution in [-0.2, 0) is 14.8 Å². The first kappa shape index (κ1) is 21.4. The first-order chi connectivity index (χ1) is 13.1. The molecule has 2 aromatic carbocycles. The Bertz CT molecular complexity index is 939. The number of rotatable bonds is 8. The summed E-state index contributed by atoms with van der Waals surface area (Å²) in [6.45, 7) is 3.33. The van der Waals surface area contributed by atoms with Crippen molar-refractivity contribution in [1.82, 2.24) is 4.31 Å². The molecule has 2 aromatic rings. The van der Waals surface area contributed by atoms with Crippen molar-refractivity contribution < 1.29 is 22.7 Å². The van der Waals surface area contributed by atoms with E-state index in [2.05, 4.69) is 5.32 Å². The summed E-state index contributed by atoms with van der Waals surface area (Å²) in [6.07, 6.45) is 0. The lowest BCUT2D eigenvalue weighted by atomic mass is 10.2. The molecular weight excluding hydrogens is 382 g/mol. The Morgan fingerprint density at radius 1 is 1.07 bits per heavy atom. The van der Waals surface area contributed by atoms with E-state index < -0.39 is 21.8 Å². The first-order valence-electron chi connectivity index (χ1n) is 8.52. The predicted molar refractivity (Wildman–Crippen MR) is 106 cm³/mol. The van der Waals surface area contributed by atoms with Gasteiger partial charge in [0.05, 0.1) is 4.90 Å². The average molecular weight is 405 g/mol. The highest BCUT2D eigenvalue weighted by Crippen LogP contribution is 2.19. The summed E-state index contributed by atoms with van der Waals surface area (Å²) in [7, 11) is -2.06. The Balaban J connectivity index is 1.94. The summed E-state index contributed by atoms with van der Waals surface area (Å²) < 4.78 is 31.5. The summed E-state index contributed by atoms with van der Waals surface area (Å²) >= 11 is 0. The fourth-order valence-corrected chi connectivity index (χ4v) is 3.58. The van der Waals surface area contributed by atoms with Gasteiger partial charge in [0, 0.05) is 24.3 Å². The van der Waals surface area contributed by atoms with E-state index in [1.54, 1.807) is 13.8 Å². The predicted octanol–water partition coefficient (Wildman–Crippen LogP) is 1.83. The van der Waals surface area contributed by atoms with Crippen molar-refractivity contribution in [3.63, 3.8) is 0 Å². The van der Waals surface area contributed by atoms with E-state index in [4.69, 9.17) is 10.5 Å². The molecule has 0 fully saturated rings. The molecule has 0 aliphatic heterocycles. The molecule has 0 radical (unpaired) electrons. The molecule has 0 aromatic heterocycles. The molecule has 0 atom stereocenters. The number of sulfonamides is 1. The summed E-state index contributed by atoms with van der Waals surface area (Å²) in [4.78, 5) is 23.2. The quantitative estimate of drug-likeness (QED) is 0.694. The van der Waals surface area contributed by atoms with E-state index >= 15 is 0 Å². The highest BCUT2D eigenvalue weighted by molar-refractivity contribution is 7.89. The molecule has 0 aliphatic carbocycles. The van der Waals surface area contributed by atoms with Crippen LogP contribution >= 0.6 is 0 Å². The molecule has 28 heavy (non-hydrogen) atoms. The van der Waals surface area contributed by atoms with E-state index in [1.165, 1.54) is 59.9 Å². The van der Waals surface area contributed by atoms with Gasteiger partial charge in [0.2, 0.25) is 15.9 Å². The monoisotopic (exact) mass is 405 g/mol.